The Balaban J connectivity index is 1.89. The third kappa shape index (κ3) is 5.93. The molecule has 11 heteroatoms. The van der Waals surface area contributed by atoms with Gasteiger partial charge in [0.05, 0.1) is 19.5 Å². The molecule has 1 amide bonds. The number of methoxy groups -OCH3 is 1. The zero-order valence-corrected chi connectivity index (χ0v) is 19.1. The smallest absolute Gasteiger partial charge is 0.410 e. The molecule has 3 rings (SSSR count). The summed E-state index contributed by atoms with van der Waals surface area (Å²) in [6.45, 7) is 6.62. The van der Waals surface area contributed by atoms with Crippen LogP contribution in [-0.2, 0) is 4.74 Å². The van der Waals surface area contributed by atoms with Gasteiger partial charge in [-0.05, 0) is 39.9 Å². The molecule has 1 N–H and O–H groups in total. The average Bonchev–Trinajstić information content (AvgIpc) is 2.73. The summed E-state index contributed by atoms with van der Waals surface area (Å²) in [6, 6.07) is -0.0743. The van der Waals surface area contributed by atoms with Crippen LogP contribution in [0.1, 0.15) is 33.6 Å². The standard InChI is InChI=1S/C20H27FN6O3S/c1-20(2,3)30-19(28)27-8-6-7-13(11-27)24-16-14(15-22-9-12(21)10-23-15)17(29-4)26-18(25-16)31-5/h9-10,13H,6-8,11H2,1-5H3,(H,24,25,26)/t13-/m1/s1. The lowest BCUT2D eigenvalue weighted by Gasteiger charge is -2.34. The van der Waals surface area contributed by atoms with E-state index < -0.39 is 11.4 Å². The van der Waals surface area contributed by atoms with Gasteiger partial charge in [-0.15, -0.1) is 0 Å². The molecule has 1 saturated heterocycles. The fourth-order valence-corrected chi connectivity index (χ4v) is 3.54. The number of ether oxygens (including phenoxy) is 2. The van der Waals surface area contributed by atoms with E-state index in [2.05, 4.69) is 25.3 Å². The van der Waals surface area contributed by atoms with Crippen molar-refractivity contribution in [2.75, 3.05) is 31.8 Å². The number of likely N-dealkylation sites (tertiary alicyclic amines) is 1. The number of carbonyl (C=O) groups is 1. The highest BCUT2D eigenvalue weighted by Gasteiger charge is 2.29. The SMILES string of the molecule is COc1nc(SC)nc(N[C@@H]2CCCN(C(=O)OC(C)(C)C)C2)c1-c1ncc(F)cn1. The molecule has 0 aromatic carbocycles. The van der Waals surface area contributed by atoms with E-state index in [1.165, 1.54) is 18.9 Å². The zero-order valence-electron chi connectivity index (χ0n) is 18.3. The number of nitrogens with zero attached hydrogens (tertiary/aromatic N) is 5. The zero-order chi connectivity index (χ0) is 22.6. The van der Waals surface area contributed by atoms with E-state index in [1.54, 1.807) is 4.90 Å². The highest BCUT2D eigenvalue weighted by atomic mass is 32.2. The van der Waals surface area contributed by atoms with E-state index >= 15 is 0 Å². The van der Waals surface area contributed by atoms with Crippen molar-refractivity contribution >= 4 is 23.7 Å². The first kappa shape index (κ1) is 23.0. The molecule has 2 aromatic heterocycles. The summed E-state index contributed by atoms with van der Waals surface area (Å²) < 4.78 is 24.3. The summed E-state index contributed by atoms with van der Waals surface area (Å²) in [6.07, 6.45) is 5.34. The molecule has 9 nitrogen and oxygen atoms in total. The molecule has 0 spiro atoms. The Morgan fingerprint density at radius 3 is 2.61 bits per heavy atom. The normalized spacial score (nSPS) is 16.7. The molecule has 1 atom stereocenters. The fourth-order valence-electron chi connectivity index (χ4n) is 3.19. The molecule has 3 heterocycles. The van der Waals surface area contributed by atoms with Gasteiger partial charge in [0.15, 0.2) is 16.8 Å². The van der Waals surface area contributed by atoms with Crippen LogP contribution in [0.15, 0.2) is 17.6 Å². The minimum absolute atomic E-state index is 0.0743. The van der Waals surface area contributed by atoms with Crippen LogP contribution in [0.3, 0.4) is 0 Å². The first-order valence-corrected chi connectivity index (χ1v) is 11.1. The maximum atomic E-state index is 13.4. The summed E-state index contributed by atoms with van der Waals surface area (Å²) in [5.74, 6) is 0.458. The maximum absolute atomic E-state index is 13.4. The number of carbonyl (C=O) groups excluding carboxylic acids is 1. The third-order valence-corrected chi connectivity index (χ3v) is 5.04. The Morgan fingerprint density at radius 2 is 2.00 bits per heavy atom. The van der Waals surface area contributed by atoms with E-state index in [4.69, 9.17) is 9.47 Å². The first-order valence-electron chi connectivity index (χ1n) is 9.92. The van der Waals surface area contributed by atoms with Crippen LogP contribution in [0.4, 0.5) is 15.0 Å². The van der Waals surface area contributed by atoms with Crippen molar-refractivity contribution in [3.8, 4) is 17.3 Å². The lowest BCUT2D eigenvalue weighted by atomic mass is 10.1. The third-order valence-electron chi connectivity index (χ3n) is 4.49. The molecule has 1 aliphatic rings. The molecule has 1 aliphatic heterocycles. The van der Waals surface area contributed by atoms with E-state index in [0.29, 0.717) is 29.6 Å². The molecule has 0 bridgehead atoms. The Labute approximate surface area is 185 Å². The van der Waals surface area contributed by atoms with Crippen molar-refractivity contribution in [2.24, 2.45) is 0 Å². The second kappa shape index (κ2) is 9.63. The monoisotopic (exact) mass is 450 g/mol. The first-order chi connectivity index (χ1) is 14.7. The summed E-state index contributed by atoms with van der Waals surface area (Å²) in [4.78, 5) is 31.3. The lowest BCUT2D eigenvalue weighted by Crippen LogP contribution is -2.47. The Kier molecular flexibility index (Phi) is 7.14. The number of anilines is 1. The van der Waals surface area contributed by atoms with Gasteiger partial charge in [0.25, 0.3) is 0 Å². The van der Waals surface area contributed by atoms with Crippen LogP contribution in [-0.4, -0.2) is 69.0 Å². The van der Waals surface area contributed by atoms with Gasteiger partial charge in [-0.25, -0.2) is 24.1 Å². The van der Waals surface area contributed by atoms with Crippen molar-refractivity contribution in [2.45, 2.75) is 50.4 Å². The lowest BCUT2D eigenvalue weighted by molar-refractivity contribution is 0.0206. The predicted octanol–water partition coefficient (Wildman–Crippen LogP) is 3.61. The topological polar surface area (TPSA) is 102 Å². The van der Waals surface area contributed by atoms with Gasteiger partial charge in [-0.3, -0.25) is 0 Å². The molecule has 0 saturated carbocycles. The quantitative estimate of drug-likeness (QED) is 0.540. The van der Waals surface area contributed by atoms with Gasteiger partial charge in [0.2, 0.25) is 5.88 Å². The number of aromatic nitrogens is 4. The highest BCUT2D eigenvalue weighted by molar-refractivity contribution is 7.98. The van der Waals surface area contributed by atoms with Crippen molar-refractivity contribution < 1.29 is 18.7 Å². The summed E-state index contributed by atoms with van der Waals surface area (Å²) in [5.41, 5.74) is -0.118. The minimum Gasteiger partial charge on any atom is -0.480 e. The van der Waals surface area contributed by atoms with E-state index in [-0.39, 0.29) is 23.8 Å². The number of nitrogens with one attached hydrogen (secondary N) is 1. The largest absolute Gasteiger partial charge is 0.480 e. The van der Waals surface area contributed by atoms with Crippen LogP contribution in [0.25, 0.3) is 11.4 Å². The Hall–Kier alpha value is -2.69. The maximum Gasteiger partial charge on any atom is 0.410 e. The average molecular weight is 451 g/mol. The van der Waals surface area contributed by atoms with E-state index in [1.807, 2.05) is 27.0 Å². The molecule has 1 fully saturated rings. The van der Waals surface area contributed by atoms with Gasteiger partial charge >= 0.3 is 6.09 Å². The molecule has 0 aliphatic carbocycles. The Morgan fingerprint density at radius 1 is 1.29 bits per heavy atom. The van der Waals surface area contributed by atoms with Crippen molar-refractivity contribution in [3.63, 3.8) is 0 Å². The number of hydrogen-bond donors (Lipinski definition) is 1. The van der Waals surface area contributed by atoms with Gasteiger partial charge < -0.3 is 19.7 Å². The molecular formula is C20H27FN6O3S. The van der Waals surface area contributed by atoms with Crippen molar-refractivity contribution in [3.05, 3.63) is 18.2 Å². The van der Waals surface area contributed by atoms with Crippen molar-refractivity contribution in [1.82, 2.24) is 24.8 Å². The molecular weight excluding hydrogens is 423 g/mol. The van der Waals surface area contributed by atoms with Gasteiger partial charge in [-0.1, -0.05) is 11.8 Å². The summed E-state index contributed by atoms with van der Waals surface area (Å²) in [7, 11) is 1.49. The van der Waals surface area contributed by atoms with Crippen molar-refractivity contribution in [1.29, 1.82) is 0 Å². The molecule has 2 aromatic rings. The number of halogens is 1. The van der Waals surface area contributed by atoms with Gasteiger partial charge in [0, 0.05) is 19.1 Å². The van der Waals surface area contributed by atoms with Crippen LogP contribution in [0, 0.1) is 5.82 Å². The molecule has 31 heavy (non-hydrogen) atoms. The molecule has 0 unspecified atom stereocenters. The molecule has 0 radical (unpaired) electrons. The summed E-state index contributed by atoms with van der Waals surface area (Å²) in [5, 5.41) is 3.90. The van der Waals surface area contributed by atoms with E-state index in [0.717, 1.165) is 25.2 Å². The van der Waals surface area contributed by atoms with E-state index in [9.17, 15) is 9.18 Å². The van der Waals surface area contributed by atoms with Gasteiger partial charge in [0.1, 0.15) is 17.0 Å². The fraction of sp³-hybridized carbons (Fsp3) is 0.550. The highest BCUT2D eigenvalue weighted by Crippen LogP contribution is 2.34. The number of thioether (sulfide) groups is 1. The minimum atomic E-state index is -0.558. The Bertz CT molecular complexity index is 922. The number of piperidine rings is 1. The second-order valence-corrected chi connectivity index (χ2v) is 8.85. The summed E-state index contributed by atoms with van der Waals surface area (Å²) >= 11 is 1.37. The van der Waals surface area contributed by atoms with Crippen LogP contribution in [0.5, 0.6) is 5.88 Å². The number of hydrogen-bond acceptors (Lipinski definition) is 9. The molecule has 168 valence electrons. The van der Waals surface area contributed by atoms with Crippen LogP contribution < -0.4 is 10.1 Å². The van der Waals surface area contributed by atoms with Crippen LogP contribution in [0.2, 0.25) is 0 Å². The number of amides is 1. The van der Waals surface area contributed by atoms with Crippen LogP contribution >= 0.6 is 11.8 Å². The predicted molar refractivity (Wildman–Crippen MR) is 116 cm³/mol. The number of rotatable bonds is 5. The van der Waals surface area contributed by atoms with Gasteiger partial charge in [-0.2, -0.15) is 4.98 Å². The second-order valence-electron chi connectivity index (χ2n) is 8.08.